The number of thioether (sulfide) groups is 1. The zero-order valence-corrected chi connectivity index (χ0v) is 19.2. The summed E-state index contributed by atoms with van der Waals surface area (Å²) in [6.07, 6.45) is 0. The number of nitrogens with zero attached hydrogens (tertiary/aromatic N) is 2. The van der Waals surface area contributed by atoms with Crippen LogP contribution in [0.3, 0.4) is 0 Å². The number of benzene rings is 3. The van der Waals surface area contributed by atoms with Gasteiger partial charge in [-0.1, -0.05) is 41.6 Å². The van der Waals surface area contributed by atoms with E-state index >= 15 is 0 Å². The quantitative estimate of drug-likeness (QED) is 0.416. The molecule has 3 aromatic rings. The lowest BCUT2D eigenvalue weighted by molar-refractivity contribution is -0.120. The minimum Gasteiger partial charge on any atom is -0.497 e. The molecule has 1 aliphatic rings. The van der Waals surface area contributed by atoms with Gasteiger partial charge in [0.2, 0.25) is 0 Å². The number of likely N-dealkylation sites (N-methyl/N-ethyl adjacent to an activating group) is 1. The molecule has 0 aliphatic carbocycles. The van der Waals surface area contributed by atoms with E-state index in [1.165, 1.54) is 16.7 Å². The summed E-state index contributed by atoms with van der Waals surface area (Å²) in [7, 11) is 1.57. The number of halogens is 1. The Morgan fingerprint density at radius 1 is 0.906 bits per heavy atom. The van der Waals surface area contributed by atoms with E-state index in [2.05, 4.69) is 0 Å². The van der Waals surface area contributed by atoms with E-state index in [0.717, 1.165) is 10.6 Å². The number of hydrogen-bond acceptors (Lipinski definition) is 5. The molecular weight excluding hydrogens is 444 g/mol. The van der Waals surface area contributed by atoms with Crippen molar-refractivity contribution in [2.24, 2.45) is 0 Å². The van der Waals surface area contributed by atoms with Gasteiger partial charge >= 0.3 is 0 Å². The van der Waals surface area contributed by atoms with Crippen LogP contribution in [0, 0.1) is 0 Å². The lowest BCUT2D eigenvalue weighted by Crippen LogP contribution is -2.35. The van der Waals surface area contributed by atoms with E-state index in [1.807, 2.05) is 54.3 Å². The van der Waals surface area contributed by atoms with Crippen molar-refractivity contribution in [3.63, 3.8) is 0 Å². The van der Waals surface area contributed by atoms with Gasteiger partial charge in [-0.05, 0) is 67.6 Å². The fraction of sp³-hybridized carbons (Fsp3) is 0.120. The summed E-state index contributed by atoms with van der Waals surface area (Å²) >= 11 is 7.29. The summed E-state index contributed by atoms with van der Waals surface area (Å²) in [5, 5.41) is 0.608. The number of methoxy groups -OCH3 is 1. The maximum absolute atomic E-state index is 13.6. The molecule has 0 saturated carbocycles. The van der Waals surface area contributed by atoms with Crippen molar-refractivity contribution in [1.29, 1.82) is 0 Å². The van der Waals surface area contributed by atoms with Crippen molar-refractivity contribution in [3.8, 4) is 5.75 Å². The minimum absolute atomic E-state index is 0.357. The first kappa shape index (κ1) is 22.0. The normalized spacial score (nSPS) is 13.7. The summed E-state index contributed by atoms with van der Waals surface area (Å²) in [6.45, 7) is 2.48. The van der Waals surface area contributed by atoms with Crippen molar-refractivity contribution in [2.45, 2.75) is 11.8 Å². The Kier molecular flexibility index (Phi) is 6.53. The summed E-state index contributed by atoms with van der Waals surface area (Å²) in [4.78, 5) is 31.5. The summed E-state index contributed by atoms with van der Waals surface area (Å²) < 4.78 is 5.21. The first-order chi connectivity index (χ1) is 15.5. The highest BCUT2D eigenvalue weighted by atomic mass is 35.5. The maximum Gasteiger partial charge on any atom is 0.283 e. The average Bonchev–Trinajstić information content (AvgIpc) is 3.06. The Labute approximate surface area is 196 Å². The van der Waals surface area contributed by atoms with Crippen LogP contribution in [0.5, 0.6) is 5.75 Å². The number of carbonyl (C=O) groups is 2. The van der Waals surface area contributed by atoms with E-state index in [4.69, 9.17) is 16.3 Å². The lowest BCUT2D eigenvalue weighted by atomic mass is 10.2. The van der Waals surface area contributed by atoms with Crippen LogP contribution in [0.15, 0.2) is 94.4 Å². The van der Waals surface area contributed by atoms with Crippen LogP contribution in [-0.2, 0) is 9.59 Å². The molecule has 0 N–H and O–H groups in total. The Hall–Kier alpha value is -3.22. The number of hydrogen-bond donors (Lipinski definition) is 0. The minimum atomic E-state index is -0.359. The molecule has 7 heteroatoms. The van der Waals surface area contributed by atoms with Gasteiger partial charge in [0.25, 0.3) is 11.8 Å². The smallest absolute Gasteiger partial charge is 0.283 e. The topological polar surface area (TPSA) is 49.9 Å². The van der Waals surface area contributed by atoms with Crippen molar-refractivity contribution in [3.05, 3.63) is 94.5 Å². The Bertz CT molecular complexity index is 1160. The van der Waals surface area contributed by atoms with Crippen LogP contribution >= 0.6 is 23.4 Å². The first-order valence-electron chi connectivity index (χ1n) is 10.1. The molecule has 1 aliphatic heterocycles. The van der Waals surface area contributed by atoms with Crippen molar-refractivity contribution < 1.29 is 14.3 Å². The fourth-order valence-corrected chi connectivity index (χ4v) is 4.60. The predicted molar refractivity (Wildman–Crippen MR) is 129 cm³/mol. The van der Waals surface area contributed by atoms with Crippen molar-refractivity contribution in [1.82, 2.24) is 0 Å². The number of imide groups is 1. The molecule has 1 heterocycles. The molecule has 0 saturated heterocycles. The molecule has 2 amide bonds. The Morgan fingerprint density at radius 3 is 2.16 bits per heavy atom. The Morgan fingerprint density at radius 2 is 1.56 bits per heavy atom. The van der Waals surface area contributed by atoms with Crippen LogP contribution in [0.1, 0.15) is 6.92 Å². The molecule has 0 radical (unpaired) electrons. The number of para-hydroxylation sites is 1. The lowest BCUT2D eigenvalue weighted by Gasteiger charge is -2.24. The van der Waals surface area contributed by atoms with Gasteiger partial charge in [-0.25, -0.2) is 4.90 Å². The predicted octanol–water partition coefficient (Wildman–Crippen LogP) is 5.75. The summed E-state index contributed by atoms with van der Waals surface area (Å²) in [5.74, 6) is -0.0666. The van der Waals surface area contributed by atoms with Crippen LogP contribution in [0.2, 0.25) is 5.02 Å². The molecule has 162 valence electrons. The van der Waals surface area contributed by atoms with Gasteiger partial charge in [-0.3, -0.25) is 9.59 Å². The molecule has 0 aromatic heterocycles. The zero-order valence-electron chi connectivity index (χ0n) is 17.6. The van der Waals surface area contributed by atoms with Gasteiger partial charge in [-0.2, -0.15) is 0 Å². The van der Waals surface area contributed by atoms with E-state index in [1.54, 1.807) is 43.5 Å². The molecule has 0 fully saturated rings. The molecule has 0 spiro atoms. The SMILES string of the molecule is CCN(C1=C(Sc2ccc(Cl)cc2)C(=O)N(c2ccc(OC)cc2)C1=O)c1ccccc1. The van der Waals surface area contributed by atoms with Gasteiger partial charge in [0.15, 0.2) is 0 Å². The van der Waals surface area contributed by atoms with E-state index in [0.29, 0.717) is 33.6 Å². The number of anilines is 2. The second-order valence-corrected chi connectivity index (χ2v) is 8.48. The third-order valence-corrected chi connectivity index (χ3v) is 6.37. The number of rotatable bonds is 7. The van der Waals surface area contributed by atoms with Crippen molar-refractivity contribution in [2.75, 3.05) is 23.5 Å². The number of amides is 2. The van der Waals surface area contributed by atoms with E-state index in [9.17, 15) is 9.59 Å². The third kappa shape index (κ3) is 4.24. The standard InChI is InChI=1S/C25H21ClN2O3S/c1-3-27(18-7-5-4-6-8-18)22-23(32-21-15-9-17(26)10-16-21)25(30)28(24(22)29)19-11-13-20(31-2)14-12-19/h4-16H,3H2,1-2H3. The van der Waals surface area contributed by atoms with E-state index < -0.39 is 0 Å². The summed E-state index contributed by atoms with van der Waals surface area (Å²) in [5.41, 5.74) is 1.70. The van der Waals surface area contributed by atoms with Gasteiger partial charge in [0, 0.05) is 22.2 Å². The average molecular weight is 465 g/mol. The molecule has 0 unspecified atom stereocenters. The monoisotopic (exact) mass is 464 g/mol. The molecular formula is C25H21ClN2O3S. The highest BCUT2D eigenvalue weighted by molar-refractivity contribution is 8.04. The van der Waals surface area contributed by atoms with Crippen LogP contribution in [-0.4, -0.2) is 25.5 Å². The molecule has 5 nitrogen and oxygen atoms in total. The van der Waals surface area contributed by atoms with Gasteiger partial charge in [0.1, 0.15) is 16.4 Å². The maximum atomic E-state index is 13.6. The van der Waals surface area contributed by atoms with Crippen LogP contribution < -0.4 is 14.5 Å². The first-order valence-corrected chi connectivity index (χ1v) is 11.3. The van der Waals surface area contributed by atoms with Gasteiger partial charge in [0.05, 0.1) is 12.8 Å². The molecule has 3 aromatic carbocycles. The molecule has 32 heavy (non-hydrogen) atoms. The number of ether oxygens (including phenoxy) is 1. The molecule has 4 rings (SSSR count). The second kappa shape index (κ2) is 9.51. The molecule has 0 atom stereocenters. The second-order valence-electron chi connectivity index (χ2n) is 6.96. The van der Waals surface area contributed by atoms with Gasteiger partial charge < -0.3 is 9.64 Å². The van der Waals surface area contributed by atoms with Crippen LogP contribution in [0.4, 0.5) is 11.4 Å². The highest BCUT2D eigenvalue weighted by Gasteiger charge is 2.42. The van der Waals surface area contributed by atoms with Crippen LogP contribution in [0.25, 0.3) is 0 Å². The highest BCUT2D eigenvalue weighted by Crippen LogP contribution is 2.40. The van der Waals surface area contributed by atoms with E-state index in [-0.39, 0.29) is 11.8 Å². The summed E-state index contributed by atoms with van der Waals surface area (Å²) in [6, 6.07) is 23.7. The largest absolute Gasteiger partial charge is 0.497 e. The zero-order chi connectivity index (χ0) is 22.7. The fourth-order valence-electron chi connectivity index (χ4n) is 3.49. The number of carbonyl (C=O) groups excluding carboxylic acids is 2. The Balaban J connectivity index is 1.80. The van der Waals surface area contributed by atoms with Crippen molar-refractivity contribution >= 4 is 46.6 Å². The molecule has 0 bridgehead atoms. The van der Waals surface area contributed by atoms with Gasteiger partial charge in [-0.15, -0.1) is 0 Å². The third-order valence-electron chi connectivity index (χ3n) is 5.04.